The molecule has 33 heavy (non-hydrogen) atoms. The number of anilines is 1. The fraction of sp³-hybridized carbons (Fsp3) is 0.391. The molecule has 176 valence electrons. The van der Waals surface area contributed by atoms with Gasteiger partial charge in [-0.05, 0) is 42.8 Å². The Morgan fingerprint density at radius 3 is 2.39 bits per heavy atom. The summed E-state index contributed by atoms with van der Waals surface area (Å²) in [4.78, 5) is 30.2. The van der Waals surface area contributed by atoms with Crippen LogP contribution in [0, 0.1) is 5.82 Å². The van der Waals surface area contributed by atoms with Gasteiger partial charge in [0.15, 0.2) is 9.84 Å². The molecule has 2 heterocycles. The first kappa shape index (κ1) is 23.7. The van der Waals surface area contributed by atoms with Gasteiger partial charge < -0.3 is 10.2 Å². The SMILES string of the molecule is O=C(CSc1ccccc1C(=O)N1CCN(C2CCS(=O)(=O)C2)CC1)Nc1ccc(F)cc1. The molecule has 4 rings (SSSR count). The Morgan fingerprint density at radius 2 is 1.73 bits per heavy atom. The highest BCUT2D eigenvalue weighted by molar-refractivity contribution is 8.00. The first-order valence-corrected chi connectivity index (χ1v) is 13.6. The van der Waals surface area contributed by atoms with E-state index in [1.807, 2.05) is 12.1 Å². The van der Waals surface area contributed by atoms with Crippen LogP contribution in [0.3, 0.4) is 0 Å². The highest BCUT2D eigenvalue weighted by Gasteiger charge is 2.34. The Balaban J connectivity index is 1.32. The lowest BCUT2D eigenvalue weighted by Crippen LogP contribution is -2.52. The van der Waals surface area contributed by atoms with Crippen molar-refractivity contribution in [3.63, 3.8) is 0 Å². The smallest absolute Gasteiger partial charge is 0.255 e. The standard InChI is InChI=1S/C23H26FN3O4S2/c24-17-5-7-18(8-6-17)25-22(28)15-32-21-4-2-1-3-20(21)23(29)27-12-10-26(11-13-27)19-9-14-33(30,31)16-19/h1-8,19H,9-16H2,(H,25,28). The second-order valence-electron chi connectivity index (χ2n) is 8.22. The number of nitrogens with one attached hydrogen (secondary N) is 1. The van der Waals surface area contributed by atoms with E-state index < -0.39 is 9.84 Å². The van der Waals surface area contributed by atoms with Crippen molar-refractivity contribution in [3.8, 4) is 0 Å². The third kappa shape index (κ3) is 6.13. The number of carbonyl (C=O) groups excluding carboxylic acids is 2. The van der Waals surface area contributed by atoms with Crippen LogP contribution in [-0.4, -0.2) is 79.5 Å². The zero-order valence-electron chi connectivity index (χ0n) is 18.1. The summed E-state index contributed by atoms with van der Waals surface area (Å²) in [6, 6.07) is 12.8. The number of sulfone groups is 1. The van der Waals surface area contributed by atoms with Gasteiger partial charge in [-0.2, -0.15) is 0 Å². The minimum Gasteiger partial charge on any atom is -0.336 e. The predicted octanol–water partition coefficient (Wildman–Crippen LogP) is 2.50. The number of halogens is 1. The molecule has 1 atom stereocenters. The van der Waals surface area contributed by atoms with Gasteiger partial charge in [-0.25, -0.2) is 12.8 Å². The predicted molar refractivity (Wildman–Crippen MR) is 127 cm³/mol. The van der Waals surface area contributed by atoms with Crippen molar-refractivity contribution in [1.82, 2.24) is 9.80 Å². The zero-order chi connectivity index (χ0) is 23.4. The number of hydrogen-bond donors (Lipinski definition) is 1. The first-order chi connectivity index (χ1) is 15.8. The number of piperazine rings is 1. The van der Waals surface area contributed by atoms with Gasteiger partial charge in [0.1, 0.15) is 5.82 Å². The van der Waals surface area contributed by atoms with E-state index in [2.05, 4.69) is 10.2 Å². The van der Waals surface area contributed by atoms with Gasteiger partial charge in [-0.1, -0.05) is 12.1 Å². The lowest BCUT2D eigenvalue weighted by Gasteiger charge is -2.37. The molecule has 0 aromatic heterocycles. The van der Waals surface area contributed by atoms with Gasteiger partial charge in [0, 0.05) is 42.8 Å². The zero-order valence-corrected chi connectivity index (χ0v) is 19.7. The summed E-state index contributed by atoms with van der Waals surface area (Å²) >= 11 is 1.28. The lowest BCUT2D eigenvalue weighted by atomic mass is 10.1. The average molecular weight is 492 g/mol. The van der Waals surface area contributed by atoms with Crippen LogP contribution >= 0.6 is 11.8 Å². The summed E-state index contributed by atoms with van der Waals surface area (Å²) in [5.41, 5.74) is 1.06. The van der Waals surface area contributed by atoms with Crippen LogP contribution in [0.25, 0.3) is 0 Å². The van der Waals surface area contributed by atoms with Crippen LogP contribution in [0.2, 0.25) is 0 Å². The minimum absolute atomic E-state index is 0.0507. The third-order valence-electron chi connectivity index (χ3n) is 5.93. The first-order valence-electron chi connectivity index (χ1n) is 10.8. The molecule has 2 aromatic carbocycles. The monoisotopic (exact) mass is 491 g/mol. The molecule has 2 aromatic rings. The maximum absolute atomic E-state index is 13.2. The summed E-state index contributed by atoms with van der Waals surface area (Å²) in [6.07, 6.45) is 0.662. The van der Waals surface area contributed by atoms with E-state index in [-0.39, 0.29) is 40.9 Å². The normalized spacial score (nSPS) is 20.5. The van der Waals surface area contributed by atoms with Gasteiger partial charge >= 0.3 is 0 Å². The van der Waals surface area contributed by atoms with Gasteiger partial charge in [-0.3, -0.25) is 14.5 Å². The Labute approximate surface area is 197 Å². The fourth-order valence-electron chi connectivity index (χ4n) is 4.17. The van der Waals surface area contributed by atoms with Gasteiger partial charge in [0.25, 0.3) is 5.91 Å². The number of carbonyl (C=O) groups is 2. The van der Waals surface area contributed by atoms with Crippen molar-refractivity contribution in [3.05, 3.63) is 59.9 Å². The maximum atomic E-state index is 13.2. The highest BCUT2D eigenvalue weighted by Crippen LogP contribution is 2.25. The topological polar surface area (TPSA) is 86.8 Å². The van der Waals surface area contributed by atoms with Crippen molar-refractivity contribution in [2.24, 2.45) is 0 Å². The Bertz CT molecular complexity index is 1120. The molecular formula is C23H26FN3O4S2. The van der Waals surface area contributed by atoms with Crippen LogP contribution in [0.4, 0.5) is 10.1 Å². The molecule has 0 bridgehead atoms. The minimum atomic E-state index is -2.93. The molecule has 0 radical (unpaired) electrons. The van der Waals surface area contributed by atoms with E-state index >= 15 is 0 Å². The highest BCUT2D eigenvalue weighted by atomic mass is 32.2. The summed E-state index contributed by atoms with van der Waals surface area (Å²) in [5.74, 6) is -0.129. The van der Waals surface area contributed by atoms with Crippen molar-refractivity contribution in [2.75, 3.05) is 48.8 Å². The molecule has 2 saturated heterocycles. The van der Waals surface area contributed by atoms with E-state index in [0.717, 1.165) is 4.90 Å². The molecule has 2 aliphatic rings. The second kappa shape index (κ2) is 10.2. The fourth-order valence-corrected chi connectivity index (χ4v) is 6.77. The molecule has 2 fully saturated rings. The number of nitrogens with zero attached hydrogens (tertiary/aromatic N) is 2. The summed E-state index contributed by atoms with van der Waals surface area (Å²) < 4.78 is 36.6. The van der Waals surface area contributed by atoms with Crippen molar-refractivity contribution in [2.45, 2.75) is 17.4 Å². The summed E-state index contributed by atoms with van der Waals surface area (Å²) in [5, 5.41) is 2.72. The molecule has 0 aliphatic carbocycles. The summed E-state index contributed by atoms with van der Waals surface area (Å²) in [6.45, 7) is 2.39. The van der Waals surface area contributed by atoms with Gasteiger partial charge in [-0.15, -0.1) is 11.8 Å². The third-order valence-corrected chi connectivity index (χ3v) is 8.75. The van der Waals surface area contributed by atoms with E-state index in [0.29, 0.717) is 43.9 Å². The van der Waals surface area contributed by atoms with Crippen LogP contribution in [0.5, 0.6) is 0 Å². The van der Waals surface area contributed by atoms with Gasteiger partial charge in [0.05, 0.1) is 22.8 Å². The van der Waals surface area contributed by atoms with Gasteiger partial charge in [0.2, 0.25) is 5.91 Å². The van der Waals surface area contributed by atoms with E-state index in [9.17, 15) is 22.4 Å². The van der Waals surface area contributed by atoms with E-state index in [1.54, 1.807) is 17.0 Å². The largest absolute Gasteiger partial charge is 0.336 e. The number of thioether (sulfide) groups is 1. The van der Waals surface area contributed by atoms with Crippen molar-refractivity contribution in [1.29, 1.82) is 0 Å². The van der Waals surface area contributed by atoms with Crippen molar-refractivity contribution >= 4 is 39.1 Å². The Hall–Kier alpha value is -2.43. The number of benzene rings is 2. The number of amides is 2. The van der Waals surface area contributed by atoms with Crippen molar-refractivity contribution < 1.29 is 22.4 Å². The maximum Gasteiger partial charge on any atom is 0.255 e. The van der Waals surface area contributed by atoms with Crippen LogP contribution in [0.1, 0.15) is 16.8 Å². The number of rotatable bonds is 6. The lowest BCUT2D eigenvalue weighted by molar-refractivity contribution is -0.113. The molecule has 2 amide bonds. The molecule has 0 spiro atoms. The van der Waals surface area contributed by atoms with E-state index in [1.165, 1.54) is 36.0 Å². The molecule has 0 saturated carbocycles. The quantitative estimate of drug-likeness (QED) is 0.625. The number of hydrogen-bond acceptors (Lipinski definition) is 6. The Kier molecular flexibility index (Phi) is 7.35. The average Bonchev–Trinajstić information content (AvgIpc) is 3.18. The summed E-state index contributed by atoms with van der Waals surface area (Å²) in [7, 11) is -2.93. The molecular weight excluding hydrogens is 465 g/mol. The van der Waals surface area contributed by atoms with Crippen LogP contribution < -0.4 is 5.32 Å². The van der Waals surface area contributed by atoms with Crippen LogP contribution in [0.15, 0.2) is 53.4 Å². The second-order valence-corrected chi connectivity index (χ2v) is 11.5. The van der Waals surface area contributed by atoms with E-state index in [4.69, 9.17) is 0 Å². The Morgan fingerprint density at radius 1 is 1.03 bits per heavy atom. The molecule has 7 nitrogen and oxygen atoms in total. The molecule has 1 N–H and O–H groups in total. The molecule has 1 unspecified atom stereocenters. The molecule has 10 heteroatoms. The molecule has 2 aliphatic heterocycles. The van der Waals surface area contributed by atoms with Crippen LogP contribution in [-0.2, 0) is 14.6 Å².